The lowest BCUT2D eigenvalue weighted by Gasteiger charge is -2.03. The fourth-order valence-corrected chi connectivity index (χ4v) is 2.81. The van der Waals surface area contributed by atoms with Gasteiger partial charge in [0.05, 0.1) is 17.1 Å². The van der Waals surface area contributed by atoms with Crippen LogP contribution in [-0.4, -0.2) is 15.2 Å². The lowest BCUT2D eigenvalue weighted by atomic mass is 10.0. The molecule has 0 amide bonds. The zero-order valence-corrected chi connectivity index (χ0v) is 13.9. The van der Waals surface area contributed by atoms with Crippen LogP contribution in [-0.2, 0) is 6.42 Å². The van der Waals surface area contributed by atoms with Crippen LogP contribution in [0.2, 0.25) is 0 Å². The lowest BCUT2D eigenvalue weighted by molar-refractivity contribution is 1.10. The zero-order valence-electron chi connectivity index (χ0n) is 13.9. The molecule has 1 N–H and O–H groups in total. The van der Waals surface area contributed by atoms with E-state index in [-0.39, 0.29) is 0 Å². The van der Waals surface area contributed by atoms with Crippen LogP contribution in [0.25, 0.3) is 10.9 Å². The molecule has 0 unspecified atom stereocenters. The van der Waals surface area contributed by atoms with Crippen molar-refractivity contribution < 1.29 is 0 Å². The van der Waals surface area contributed by atoms with Gasteiger partial charge in [0.15, 0.2) is 0 Å². The first-order chi connectivity index (χ1) is 12.8. The molecule has 0 aliphatic carbocycles. The summed E-state index contributed by atoms with van der Waals surface area (Å²) in [5.74, 6) is 6.14. The predicted molar refractivity (Wildman–Crippen MR) is 100 cm³/mol. The van der Waals surface area contributed by atoms with E-state index < -0.39 is 0 Å². The molecular formula is C22H14N4. The fraction of sp³-hybridized carbons (Fsp3) is 0.0455. The SMILES string of the molecule is N#Cc1cccc(Cc2ccc3[nH]nc(C#Cc4ccccn4)c3c2)c1. The van der Waals surface area contributed by atoms with Crippen LogP contribution in [0, 0.1) is 23.2 Å². The monoisotopic (exact) mass is 334 g/mol. The zero-order chi connectivity index (χ0) is 17.8. The van der Waals surface area contributed by atoms with Crippen LogP contribution in [0.1, 0.15) is 28.1 Å². The van der Waals surface area contributed by atoms with E-state index in [4.69, 9.17) is 5.26 Å². The Hall–Kier alpha value is -3.89. The van der Waals surface area contributed by atoms with Crippen LogP contribution in [0.3, 0.4) is 0 Å². The third-order valence-corrected chi connectivity index (χ3v) is 4.07. The molecule has 0 spiro atoms. The van der Waals surface area contributed by atoms with Crippen LogP contribution < -0.4 is 0 Å². The molecule has 0 fully saturated rings. The normalized spacial score (nSPS) is 10.1. The highest BCUT2D eigenvalue weighted by molar-refractivity contribution is 5.84. The summed E-state index contributed by atoms with van der Waals surface area (Å²) in [5, 5.41) is 17.4. The highest BCUT2D eigenvalue weighted by Crippen LogP contribution is 2.20. The Kier molecular flexibility index (Phi) is 4.16. The molecule has 0 bridgehead atoms. The number of pyridine rings is 1. The average molecular weight is 334 g/mol. The molecular weight excluding hydrogens is 320 g/mol. The molecule has 0 saturated carbocycles. The Balaban J connectivity index is 1.66. The van der Waals surface area contributed by atoms with Gasteiger partial charge < -0.3 is 0 Å². The third-order valence-electron chi connectivity index (χ3n) is 4.07. The minimum absolute atomic E-state index is 0.675. The van der Waals surface area contributed by atoms with E-state index in [0.29, 0.717) is 17.0 Å². The van der Waals surface area contributed by atoms with Gasteiger partial charge in [0.25, 0.3) is 0 Å². The van der Waals surface area contributed by atoms with Crippen molar-refractivity contribution in [3.05, 3.63) is 94.9 Å². The molecule has 0 aliphatic rings. The summed E-state index contributed by atoms with van der Waals surface area (Å²) in [5.41, 5.74) is 5.30. The topological polar surface area (TPSA) is 65.4 Å². The van der Waals surface area contributed by atoms with Crippen molar-refractivity contribution in [1.82, 2.24) is 15.2 Å². The molecule has 2 aromatic heterocycles. The van der Waals surface area contributed by atoms with Crippen molar-refractivity contribution in [3.8, 4) is 17.9 Å². The Labute approximate surface area is 151 Å². The number of aromatic nitrogens is 3. The molecule has 4 nitrogen and oxygen atoms in total. The first-order valence-corrected chi connectivity index (χ1v) is 8.21. The molecule has 0 atom stereocenters. The van der Waals surface area contributed by atoms with E-state index in [9.17, 15) is 0 Å². The standard InChI is InChI=1S/C22H14N4/c23-15-18-5-3-4-16(13-18)12-17-7-9-21-20(14-17)22(26-25-21)10-8-19-6-1-2-11-24-19/h1-7,9,11,13-14H,12H2,(H,25,26). The van der Waals surface area contributed by atoms with Gasteiger partial charge in [0.1, 0.15) is 11.4 Å². The number of nitrogens with one attached hydrogen (secondary N) is 1. The van der Waals surface area contributed by atoms with Gasteiger partial charge in [-0.15, -0.1) is 0 Å². The van der Waals surface area contributed by atoms with Crippen LogP contribution in [0.4, 0.5) is 0 Å². The van der Waals surface area contributed by atoms with Crippen molar-refractivity contribution in [2.75, 3.05) is 0 Å². The lowest BCUT2D eigenvalue weighted by Crippen LogP contribution is -1.89. The van der Waals surface area contributed by atoms with E-state index in [1.54, 1.807) is 6.20 Å². The minimum Gasteiger partial charge on any atom is -0.277 e. The van der Waals surface area contributed by atoms with Crippen molar-refractivity contribution >= 4 is 10.9 Å². The van der Waals surface area contributed by atoms with Gasteiger partial charge in [-0.25, -0.2) is 4.98 Å². The predicted octanol–water partition coefficient (Wildman–Crippen LogP) is 3.82. The molecule has 26 heavy (non-hydrogen) atoms. The number of hydrogen-bond donors (Lipinski definition) is 1. The summed E-state index contributed by atoms with van der Waals surface area (Å²) in [4.78, 5) is 4.21. The maximum absolute atomic E-state index is 9.05. The number of nitriles is 1. The summed E-state index contributed by atoms with van der Waals surface area (Å²) in [6, 6.07) is 21.7. The van der Waals surface area contributed by atoms with E-state index in [1.807, 2.05) is 48.5 Å². The molecule has 4 aromatic rings. The summed E-state index contributed by atoms with van der Waals surface area (Å²) in [7, 11) is 0. The van der Waals surface area contributed by atoms with Gasteiger partial charge in [-0.1, -0.05) is 24.3 Å². The van der Waals surface area contributed by atoms with Crippen molar-refractivity contribution in [2.45, 2.75) is 6.42 Å². The Morgan fingerprint density at radius 2 is 1.85 bits per heavy atom. The molecule has 2 aromatic carbocycles. The molecule has 0 radical (unpaired) electrons. The summed E-state index contributed by atoms with van der Waals surface area (Å²) in [6.45, 7) is 0. The van der Waals surface area contributed by atoms with Crippen LogP contribution in [0.15, 0.2) is 66.9 Å². The molecule has 0 saturated heterocycles. The molecule has 4 rings (SSSR count). The average Bonchev–Trinajstić information content (AvgIpc) is 3.09. The molecule has 4 heteroatoms. The third kappa shape index (κ3) is 3.31. The quantitative estimate of drug-likeness (QED) is 0.567. The minimum atomic E-state index is 0.675. The van der Waals surface area contributed by atoms with E-state index in [1.165, 1.54) is 0 Å². The number of nitrogens with zero attached hydrogens (tertiary/aromatic N) is 3. The summed E-state index contributed by atoms with van der Waals surface area (Å²) < 4.78 is 0. The number of H-pyrrole nitrogens is 1. The number of rotatable bonds is 2. The Bertz CT molecular complexity index is 1170. The number of aromatic amines is 1. The molecule has 2 heterocycles. The summed E-state index contributed by atoms with van der Waals surface area (Å²) in [6.07, 6.45) is 2.48. The smallest absolute Gasteiger partial charge is 0.143 e. The Morgan fingerprint density at radius 3 is 2.69 bits per heavy atom. The van der Waals surface area contributed by atoms with Crippen molar-refractivity contribution in [2.24, 2.45) is 0 Å². The van der Waals surface area contributed by atoms with E-state index >= 15 is 0 Å². The van der Waals surface area contributed by atoms with Gasteiger partial charge in [0, 0.05) is 11.6 Å². The van der Waals surface area contributed by atoms with E-state index in [0.717, 1.165) is 28.5 Å². The number of benzene rings is 2. The Morgan fingerprint density at radius 1 is 0.923 bits per heavy atom. The largest absolute Gasteiger partial charge is 0.277 e. The van der Waals surface area contributed by atoms with Gasteiger partial charge in [0.2, 0.25) is 0 Å². The van der Waals surface area contributed by atoms with Gasteiger partial charge in [-0.05, 0) is 65.8 Å². The van der Waals surface area contributed by atoms with Gasteiger partial charge in [-0.2, -0.15) is 10.4 Å². The molecule has 122 valence electrons. The van der Waals surface area contributed by atoms with Gasteiger partial charge in [-0.3, -0.25) is 5.10 Å². The fourth-order valence-electron chi connectivity index (χ4n) is 2.81. The van der Waals surface area contributed by atoms with E-state index in [2.05, 4.69) is 45.2 Å². The summed E-state index contributed by atoms with van der Waals surface area (Å²) >= 11 is 0. The van der Waals surface area contributed by atoms with Crippen molar-refractivity contribution in [1.29, 1.82) is 5.26 Å². The number of fused-ring (bicyclic) bond motifs is 1. The second-order valence-corrected chi connectivity index (χ2v) is 5.91. The number of hydrogen-bond acceptors (Lipinski definition) is 3. The molecule has 0 aliphatic heterocycles. The highest BCUT2D eigenvalue weighted by atomic mass is 15.1. The maximum Gasteiger partial charge on any atom is 0.143 e. The van der Waals surface area contributed by atoms with Crippen LogP contribution >= 0.6 is 0 Å². The first-order valence-electron chi connectivity index (χ1n) is 8.21. The maximum atomic E-state index is 9.05. The first kappa shape index (κ1) is 15.6. The second-order valence-electron chi connectivity index (χ2n) is 5.91. The second kappa shape index (κ2) is 6.93. The highest BCUT2D eigenvalue weighted by Gasteiger charge is 2.06. The van der Waals surface area contributed by atoms with Crippen molar-refractivity contribution in [3.63, 3.8) is 0 Å². The van der Waals surface area contributed by atoms with Gasteiger partial charge >= 0.3 is 0 Å². The van der Waals surface area contributed by atoms with Crippen LogP contribution in [0.5, 0.6) is 0 Å².